The van der Waals surface area contributed by atoms with E-state index in [-0.39, 0.29) is 10.6 Å². The molecule has 1 aromatic heterocycles. The van der Waals surface area contributed by atoms with Crippen molar-refractivity contribution in [2.45, 2.75) is 39.3 Å². The van der Waals surface area contributed by atoms with E-state index in [1.54, 1.807) is 23.0 Å². The number of nitro groups is 1. The number of nitrogens with zero attached hydrogens (tertiary/aromatic N) is 3. The van der Waals surface area contributed by atoms with Gasteiger partial charge >= 0.3 is 0 Å². The van der Waals surface area contributed by atoms with Crippen LogP contribution in [-0.4, -0.2) is 29.4 Å². The number of ether oxygens (including phenoxy) is 1. The molecule has 2 aromatic rings. The number of hydrogen-bond donors (Lipinski definition) is 0. The third-order valence-electron chi connectivity index (χ3n) is 3.33. The summed E-state index contributed by atoms with van der Waals surface area (Å²) in [5.74, 6) is 0. The molecular formula is C14H21N3O3Si. The normalized spacial score (nSPS) is 12.0. The van der Waals surface area contributed by atoms with Crippen LogP contribution in [0.5, 0.6) is 0 Å². The molecule has 0 radical (unpaired) electrons. The highest BCUT2D eigenvalue weighted by Crippen LogP contribution is 2.24. The molecule has 0 N–H and O–H groups in total. The molecule has 0 fully saturated rings. The SMILES string of the molecule is Cc1cc([N+](=O)[O-])cc2cnn(COCC[Si](C)(C)C)c12. The molecule has 0 spiro atoms. The van der Waals surface area contributed by atoms with Crippen molar-refractivity contribution in [2.75, 3.05) is 6.61 Å². The van der Waals surface area contributed by atoms with Gasteiger partial charge in [-0.3, -0.25) is 10.1 Å². The highest BCUT2D eigenvalue weighted by atomic mass is 28.3. The first kappa shape index (κ1) is 15.7. The van der Waals surface area contributed by atoms with Crippen LogP contribution in [0.1, 0.15) is 5.56 Å². The van der Waals surface area contributed by atoms with Gasteiger partial charge in [-0.25, -0.2) is 4.68 Å². The Balaban J connectivity index is 2.13. The number of nitro benzene ring substituents is 1. The number of non-ortho nitro benzene ring substituents is 1. The topological polar surface area (TPSA) is 70.2 Å². The van der Waals surface area contributed by atoms with Gasteiger partial charge in [-0.1, -0.05) is 19.6 Å². The Kier molecular flexibility index (Phi) is 4.43. The van der Waals surface area contributed by atoms with Gasteiger partial charge in [0, 0.05) is 32.2 Å². The van der Waals surface area contributed by atoms with Crippen LogP contribution in [-0.2, 0) is 11.5 Å². The van der Waals surface area contributed by atoms with E-state index in [9.17, 15) is 10.1 Å². The van der Waals surface area contributed by atoms with E-state index in [1.165, 1.54) is 0 Å². The highest BCUT2D eigenvalue weighted by molar-refractivity contribution is 6.76. The molecule has 0 aliphatic carbocycles. The van der Waals surface area contributed by atoms with Crippen LogP contribution in [0.3, 0.4) is 0 Å². The van der Waals surface area contributed by atoms with Crippen molar-refractivity contribution < 1.29 is 9.66 Å². The average molecular weight is 307 g/mol. The number of aromatic nitrogens is 2. The number of hydrogen-bond acceptors (Lipinski definition) is 4. The first-order chi connectivity index (χ1) is 9.78. The summed E-state index contributed by atoms with van der Waals surface area (Å²) < 4.78 is 7.46. The van der Waals surface area contributed by atoms with Gasteiger partial charge in [-0.15, -0.1) is 0 Å². The van der Waals surface area contributed by atoms with E-state index in [1.807, 2.05) is 6.92 Å². The van der Waals surface area contributed by atoms with Crippen molar-refractivity contribution >= 4 is 24.7 Å². The maximum Gasteiger partial charge on any atom is 0.270 e. The van der Waals surface area contributed by atoms with Crippen LogP contribution in [0.2, 0.25) is 25.7 Å². The van der Waals surface area contributed by atoms with Crippen molar-refractivity contribution in [3.63, 3.8) is 0 Å². The van der Waals surface area contributed by atoms with Gasteiger partial charge in [0.25, 0.3) is 5.69 Å². The molecule has 2 rings (SSSR count). The predicted octanol–water partition coefficient (Wildman–Crippen LogP) is 3.57. The first-order valence-electron chi connectivity index (χ1n) is 6.96. The maximum absolute atomic E-state index is 10.9. The number of aryl methyl sites for hydroxylation is 1. The minimum absolute atomic E-state index is 0.0965. The fraction of sp³-hybridized carbons (Fsp3) is 0.500. The van der Waals surface area contributed by atoms with Gasteiger partial charge in [-0.05, 0) is 18.5 Å². The van der Waals surface area contributed by atoms with Crippen LogP contribution >= 0.6 is 0 Å². The maximum atomic E-state index is 10.9. The third-order valence-corrected chi connectivity index (χ3v) is 5.03. The van der Waals surface area contributed by atoms with Crippen LogP contribution in [0, 0.1) is 17.0 Å². The van der Waals surface area contributed by atoms with Gasteiger partial charge in [0.2, 0.25) is 0 Å². The lowest BCUT2D eigenvalue weighted by Gasteiger charge is -2.15. The summed E-state index contributed by atoms with van der Waals surface area (Å²) in [4.78, 5) is 10.5. The monoisotopic (exact) mass is 307 g/mol. The van der Waals surface area contributed by atoms with Gasteiger partial charge in [0.1, 0.15) is 6.73 Å². The largest absolute Gasteiger partial charge is 0.360 e. The summed E-state index contributed by atoms with van der Waals surface area (Å²) in [5.41, 5.74) is 1.83. The highest BCUT2D eigenvalue weighted by Gasteiger charge is 2.14. The number of rotatable bonds is 6. The van der Waals surface area contributed by atoms with E-state index in [0.717, 1.165) is 29.1 Å². The first-order valence-corrected chi connectivity index (χ1v) is 10.7. The Hall–Kier alpha value is -1.73. The van der Waals surface area contributed by atoms with Gasteiger partial charge in [0.05, 0.1) is 16.6 Å². The summed E-state index contributed by atoms with van der Waals surface area (Å²) in [6.07, 6.45) is 1.65. The summed E-state index contributed by atoms with van der Waals surface area (Å²) in [7, 11) is -1.09. The van der Waals surface area contributed by atoms with Crippen LogP contribution in [0.4, 0.5) is 5.69 Å². The van der Waals surface area contributed by atoms with Gasteiger partial charge < -0.3 is 4.74 Å². The van der Waals surface area contributed by atoms with E-state index < -0.39 is 8.07 Å². The molecule has 0 atom stereocenters. The molecule has 0 unspecified atom stereocenters. The Labute approximate surface area is 124 Å². The second-order valence-corrected chi connectivity index (χ2v) is 12.1. The lowest BCUT2D eigenvalue weighted by Crippen LogP contribution is -2.22. The second kappa shape index (κ2) is 5.95. The van der Waals surface area contributed by atoms with Crippen molar-refractivity contribution in [1.82, 2.24) is 9.78 Å². The van der Waals surface area contributed by atoms with E-state index >= 15 is 0 Å². The minimum Gasteiger partial charge on any atom is -0.360 e. The Morgan fingerprint density at radius 1 is 1.38 bits per heavy atom. The molecule has 0 saturated heterocycles. The molecular weight excluding hydrogens is 286 g/mol. The smallest absolute Gasteiger partial charge is 0.270 e. The summed E-state index contributed by atoms with van der Waals surface area (Å²) in [6.45, 7) is 9.89. The molecule has 1 heterocycles. The van der Waals surface area contributed by atoms with E-state index in [4.69, 9.17) is 4.74 Å². The summed E-state index contributed by atoms with van der Waals surface area (Å²) >= 11 is 0. The van der Waals surface area contributed by atoms with Crippen LogP contribution in [0.15, 0.2) is 18.3 Å². The molecule has 0 aliphatic rings. The zero-order chi connectivity index (χ0) is 15.6. The van der Waals surface area contributed by atoms with Crippen molar-refractivity contribution in [1.29, 1.82) is 0 Å². The molecule has 1 aromatic carbocycles. The van der Waals surface area contributed by atoms with E-state index in [2.05, 4.69) is 24.7 Å². The lowest BCUT2D eigenvalue weighted by molar-refractivity contribution is -0.384. The average Bonchev–Trinajstić information content (AvgIpc) is 2.77. The Morgan fingerprint density at radius 3 is 2.71 bits per heavy atom. The van der Waals surface area contributed by atoms with Crippen molar-refractivity contribution in [3.8, 4) is 0 Å². The predicted molar refractivity (Wildman–Crippen MR) is 85.2 cm³/mol. The molecule has 21 heavy (non-hydrogen) atoms. The number of fused-ring (bicyclic) bond motifs is 1. The minimum atomic E-state index is -1.09. The van der Waals surface area contributed by atoms with Crippen LogP contribution < -0.4 is 0 Å². The fourth-order valence-electron chi connectivity index (χ4n) is 2.16. The molecule has 0 bridgehead atoms. The summed E-state index contributed by atoms with van der Waals surface area (Å²) in [6, 6.07) is 4.23. The van der Waals surface area contributed by atoms with Gasteiger partial charge in [-0.2, -0.15) is 5.10 Å². The molecule has 0 saturated carbocycles. The number of benzene rings is 1. The zero-order valence-corrected chi connectivity index (χ0v) is 13.9. The molecule has 6 nitrogen and oxygen atoms in total. The van der Waals surface area contributed by atoms with Gasteiger partial charge in [0.15, 0.2) is 0 Å². The van der Waals surface area contributed by atoms with Crippen LogP contribution in [0.25, 0.3) is 10.9 Å². The lowest BCUT2D eigenvalue weighted by atomic mass is 10.1. The second-order valence-electron chi connectivity index (χ2n) is 6.45. The van der Waals surface area contributed by atoms with Crippen molar-refractivity contribution in [2.24, 2.45) is 0 Å². The Morgan fingerprint density at radius 2 is 2.10 bits per heavy atom. The molecule has 0 aliphatic heterocycles. The quantitative estimate of drug-likeness (QED) is 0.354. The van der Waals surface area contributed by atoms with E-state index in [0.29, 0.717) is 6.73 Å². The third kappa shape index (κ3) is 3.89. The Bertz CT molecular complexity index is 661. The zero-order valence-electron chi connectivity index (χ0n) is 12.9. The fourth-order valence-corrected chi connectivity index (χ4v) is 2.92. The van der Waals surface area contributed by atoms with Crippen molar-refractivity contribution in [3.05, 3.63) is 34.0 Å². The molecule has 114 valence electrons. The molecule has 0 amide bonds. The summed E-state index contributed by atoms with van der Waals surface area (Å²) in [5, 5.41) is 15.9. The molecule has 7 heteroatoms. The standard InChI is InChI=1S/C14H21N3O3Si/c1-11-7-13(17(18)19)8-12-9-15-16(14(11)12)10-20-5-6-21(2,3)4/h7-9H,5-6,10H2,1-4H3.